The molecule has 3 heterocycles. The minimum absolute atomic E-state index is 0.250. The molecule has 2 aliphatic heterocycles. The monoisotopic (exact) mass is 358 g/mol. The molecule has 1 aromatic carbocycles. The lowest BCUT2D eigenvalue weighted by molar-refractivity contribution is 0.216. The number of nitrogens with zero attached hydrogens (tertiary/aromatic N) is 3. The first-order valence-electron chi connectivity index (χ1n) is 8.72. The van der Waals surface area contributed by atoms with Crippen LogP contribution in [-0.4, -0.2) is 60.6 Å². The number of aliphatic hydroxyl groups excluding tert-OH is 1. The molecule has 2 aromatic rings. The minimum atomic E-state index is 0.250. The molecule has 0 saturated carbocycles. The predicted octanol–water partition coefficient (Wildman–Crippen LogP) is 3.44. The Labute approximate surface area is 153 Å². The molecule has 0 atom stereocenters. The summed E-state index contributed by atoms with van der Waals surface area (Å²) in [5.41, 5.74) is 3.36. The number of anilines is 2. The van der Waals surface area contributed by atoms with E-state index in [0.29, 0.717) is 0 Å². The lowest BCUT2D eigenvalue weighted by atomic mass is 10.2. The summed E-state index contributed by atoms with van der Waals surface area (Å²) in [6.07, 6.45) is 0. The Kier molecular flexibility index (Phi) is 5.73. The molecule has 2 N–H and O–H groups in total. The van der Waals surface area contributed by atoms with E-state index in [0.717, 1.165) is 43.4 Å². The van der Waals surface area contributed by atoms with Crippen LogP contribution < -0.4 is 5.32 Å². The van der Waals surface area contributed by atoms with Crippen LogP contribution in [0.15, 0.2) is 35.3 Å². The number of rotatable bonds is 0. The van der Waals surface area contributed by atoms with Crippen molar-refractivity contribution in [3.05, 3.63) is 40.8 Å². The third-order valence-electron chi connectivity index (χ3n) is 4.28. The lowest BCUT2D eigenvalue weighted by Crippen LogP contribution is -2.47. The van der Waals surface area contributed by atoms with Crippen molar-refractivity contribution in [3.8, 4) is 0 Å². The molecule has 0 unspecified atom stereocenters. The Morgan fingerprint density at radius 3 is 2.60 bits per heavy atom. The van der Waals surface area contributed by atoms with Crippen molar-refractivity contribution in [1.29, 1.82) is 0 Å². The second-order valence-corrected chi connectivity index (χ2v) is 7.54. The van der Waals surface area contributed by atoms with Gasteiger partial charge in [0.1, 0.15) is 10.8 Å². The zero-order valence-corrected chi connectivity index (χ0v) is 15.9. The molecule has 0 amide bonds. The number of aliphatic hydroxyl groups is 1. The van der Waals surface area contributed by atoms with Gasteiger partial charge in [-0.05, 0) is 39.1 Å². The molecule has 4 rings (SSSR count). The lowest BCUT2D eigenvalue weighted by Gasteiger charge is -2.34. The molecule has 0 radical (unpaired) electrons. The molecule has 1 saturated heterocycles. The van der Waals surface area contributed by atoms with E-state index in [1.165, 1.54) is 15.4 Å². The van der Waals surface area contributed by atoms with Gasteiger partial charge in [0.05, 0.1) is 16.9 Å². The van der Waals surface area contributed by atoms with Gasteiger partial charge in [0.2, 0.25) is 0 Å². The quantitative estimate of drug-likeness (QED) is 0.757. The van der Waals surface area contributed by atoms with Gasteiger partial charge in [-0.1, -0.05) is 12.1 Å². The summed E-state index contributed by atoms with van der Waals surface area (Å²) < 4.78 is 0. The number of aliphatic imine (C=N–C) groups is 1. The number of aryl methyl sites for hydroxylation is 1. The largest absolute Gasteiger partial charge is 0.397 e. The smallest absolute Gasteiger partial charge is 0.139 e. The van der Waals surface area contributed by atoms with Crippen LogP contribution in [0.25, 0.3) is 0 Å². The van der Waals surface area contributed by atoms with E-state index < -0.39 is 0 Å². The highest BCUT2D eigenvalue weighted by Gasteiger charge is 2.25. The summed E-state index contributed by atoms with van der Waals surface area (Å²) >= 11 is 1.81. The van der Waals surface area contributed by atoms with E-state index in [2.05, 4.69) is 59.4 Å². The molecular weight excluding hydrogens is 332 g/mol. The summed E-state index contributed by atoms with van der Waals surface area (Å²) in [5, 5.41) is 12.3. The van der Waals surface area contributed by atoms with Crippen molar-refractivity contribution in [2.24, 2.45) is 4.99 Å². The average Bonchev–Trinajstić information content (AvgIpc) is 2.88. The first kappa shape index (κ1) is 17.9. The molecular formula is C19H26N4OS. The summed E-state index contributed by atoms with van der Waals surface area (Å²) in [6.45, 7) is 8.34. The fourth-order valence-electron chi connectivity index (χ4n) is 3.01. The van der Waals surface area contributed by atoms with Crippen molar-refractivity contribution >= 4 is 33.5 Å². The van der Waals surface area contributed by atoms with Gasteiger partial charge in [0.25, 0.3) is 0 Å². The van der Waals surface area contributed by atoms with Crippen molar-refractivity contribution in [2.45, 2.75) is 13.8 Å². The van der Waals surface area contributed by atoms with Gasteiger partial charge >= 0.3 is 0 Å². The predicted molar refractivity (Wildman–Crippen MR) is 107 cm³/mol. The number of fused-ring (bicyclic) bond motifs is 2. The van der Waals surface area contributed by atoms with Gasteiger partial charge in [-0.15, -0.1) is 11.3 Å². The Hall–Kier alpha value is -1.89. The minimum Gasteiger partial charge on any atom is -0.397 e. The van der Waals surface area contributed by atoms with E-state index in [-0.39, 0.29) is 6.61 Å². The Morgan fingerprint density at radius 2 is 1.88 bits per heavy atom. The first-order valence-corrected chi connectivity index (χ1v) is 9.54. The van der Waals surface area contributed by atoms with Crippen LogP contribution in [-0.2, 0) is 0 Å². The highest BCUT2D eigenvalue weighted by atomic mass is 32.1. The third kappa shape index (κ3) is 4.03. The topological polar surface area (TPSA) is 51.1 Å². The molecule has 1 fully saturated rings. The summed E-state index contributed by atoms with van der Waals surface area (Å²) in [5.74, 6) is 1.12. The second-order valence-electron chi connectivity index (χ2n) is 6.28. The maximum absolute atomic E-state index is 7.57. The number of likely N-dealkylation sites (N-methyl/N-ethyl adjacent to an activating group) is 1. The van der Waals surface area contributed by atoms with Crippen LogP contribution in [0.5, 0.6) is 0 Å². The Balaban J connectivity index is 0.000000569. The molecule has 0 bridgehead atoms. The van der Waals surface area contributed by atoms with Crippen LogP contribution in [0.3, 0.4) is 0 Å². The zero-order valence-electron chi connectivity index (χ0n) is 15.1. The van der Waals surface area contributed by atoms with Crippen molar-refractivity contribution in [2.75, 3.05) is 45.2 Å². The summed E-state index contributed by atoms with van der Waals surface area (Å²) in [6, 6.07) is 10.6. The highest BCUT2D eigenvalue weighted by molar-refractivity contribution is 7.16. The number of amidine groups is 1. The van der Waals surface area contributed by atoms with Gasteiger partial charge < -0.3 is 20.2 Å². The Bertz CT molecular complexity index is 748. The van der Waals surface area contributed by atoms with Gasteiger partial charge in [-0.25, -0.2) is 4.99 Å². The highest BCUT2D eigenvalue weighted by Crippen LogP contribution is 2.39. The van der Waals surface area contributed by atoms with Crippen LogP contribution in [0, 0.1) is 6.92 Å². The first-order chi connectivity index (χ1) is 12.1. The molecule has 134 valence electrons. The van der Waals surface area contributed by atoms with E-state index >= 15 is 0 Å². The fraction of sp³-hybridized carbons (Fsp3) is 0.421. The fourth-order valence-corrected chi connectivity index (χ4v) is 3.93. The number of benzene rings is 1. The molecule has 5 nitrogen and oxygen atoms in total. The van der Waals surface area contributed by atoms with Crippen molar-refractivity contribution < 1.29 is 5.11 Å². The molecule has 0 aliphatic carbocycles. The number of piperazine rings is 1. The third-order valence-corrected chi connectivity index (χ3v) is 5.24. The molecule has 6 heteroatoms. The number of nitrogens with one attached hydrogen (secondary N) is 1. The second kappa shape index (κ2) is 7.99. The molecule has 25 heavy (non-hydrogen) atoms. The van der Waals surface area contributed by atoms with E-state index in [1.54, 1.807) is 18.3 Å². The molecule has 1 aromatic heterocycles. The van der Waals surface area contributed by atoms with Crippen LogP contribution in [0.4, 0.5) is 16.4 Å². The van der Waals surface area contributed by atoms with E-state index in [4.69, 9.17) is 10.1 Å². The Morgan fingerprint density at radius 1 is 1.20 bits per heavy atom. The maximum Gasteiger partial charge on any atom is 0.139 e. The summed E-state index contributed by atoms with van der Waals surface area (Å²) in [7, 11) is 2.18. The maximum atomic E-state index is 7.57. The van der Waals surface area contributed by atoms with Crippen LogP contribution >= 0.6 is 11.3 Å². The van der Waals surface area contributed by atoms with Crippen LogP contribution in [0.1, 0.15) is 17.4 Å². The number of para-hydroxylation sites is 2. The summed E-state index contributed by atoms with van der Waals surface area (Å²) in [4.78, 5) is 11.1. The van der Waals surface area contributed by atoms with Crippen molar-refractivity contribution in [3.63, 3.8) is 0 Å². The van der Waals surface area contributed by atoms with Gasteiger partial charge in [-0.2, -0.15) is 0 Å². The number of hydrogen-bond donors (Lipinski definition) is 2. The van der Waals surface area contributed by atoms with Gasteiger partial charge in [0.15, 0.2) is 0 Å². The zero-order chi connectivity index (χ0) is 17.8. The number of hydrogen-bond acceptors (Lipinski definition) is 6. The molecule has 2 aliphatic rings. The van der Waals surface area contributed by atoms with E-state index in [1.807, 2.05) is 0 Å². The van der Waals surface area contributed by atoms with E-state index in [9.17, 15) is 0 Å². The molecule has 0 spiro atoms. The van der Waals surface area contributed by atoms with Gasteiger partial charge in [0, 0.05) is 37.7 Å². The van der Waals surface area contributed by atoms with Gasteiger partial charge in [-0.3, -0.25) is 0 Å². The average molecular weight is 359 g/mol. The SMILES string of the molecule is CCO.Cc1cc2c(s1)Nc1ccccc1N=C2N1CCN(C)CC1. The standard InChI is InChI=1S/C17H20N4S.C2H6O/c1-12-11-13-16(21-9-7-20(2)8-10-21)18-14-5-3-4-6-15(14)19-17(13)22-12;1-2-3/h3-6,11,19H,7-10H2,1-2H3;3H,2H2,1H3. The van der Waals surface area contributed by atoms with Crippen molar-refractivity contribution in [1.82, 2.24) is 9.80 Å². The normalized spacial score (nSPS) is 16.6. The number of thiophene rings is 1. The van der Waals surface area contributed by atoms with Crippen LogP contribution in [0.2, 0.25) is 0 Å².